The normalized spacial score (nSPS) is 15.9. The average Bonchev–Trinajstić information content (AvgIpc) is 2.45. The first kappa shape index (κ1) is 13.9. The topological polar surface area (TPSA) is 55.6 Å². The lowest BCUT2D eigenvalue weighted by Crippen LogP contribution is -2.40. The molecule has 0 bridgehead atoms. The van der Waals surface area contributed by atoms with Crippen LogP contribution in [0.2, 0.25) is 0 Å². The Morgan fingerprint density at radius 3 is 2.95 bits per heavy atom. The second-order valence-corrected chi connectivity index (χ2v) is 5.14. The molecule has 1 aromatic carbocycles. The summed E-state index contributed by atoms with van der Waals surface area (Å²) in [6, 6.07) is 5.81. The molecular weight excluding hydrogens is 240 g/mol. The van der Waals surface area contributed by atoms with Crippen molar-refractivity contribution in [2.75, 3.05) is 18.1 Å². The highest BCUT2D eigenvalue weighted by Crippen LogP contribution is 2.33. The molecule has 1 aliphatic rings. The van der Waals surface area contributed by atoms with E-state index >= 15 is 0 Å². The van der Waals surface area contributed by atoms with Crippen LogP contribution >= 0.6 is 0 Å². The van der Waals surface area contributed by atoms with Crippen molar-refractivity contribution in [3.63, 3.8) is 0 Å². The van der Waals surface area contributed by atoms with Crippen LogP contribution in [0.15, 0.2) is 18.2 Å². The van der Waals surface area contributed by atoms with Crippen LogP contribution in [0.4, 0.5) is 5.69 Å². The number of benzene rings is 1. The first-order valence-electron chi connectivity index (χ1n) is 6.91. The van der Waals surface area contributed by atoms with Crippen molar-refractivity contribution in [1.82, 2.24) is 0 Å². The molecule has 1 heterocycles. The molecule has 4 heteroatoms. The molecule has 1 amide bonds. The molecule has 0 aromatic heterocycles. The Balaban J connectivity index is 2.21. The van der Waals surface area contributed by atoms with Crippen LogP contribution < -0.4 is 15.4 Å². The molecule has 0 radical (unpaired) electrons. The summed E-state index contributed by atoms with van der Waals surface area (Å²) in [5, 5.41) is 0. The maximum absolute atomic E-state index is 12.0. The molecule has 0 fully saturated rings. The molecule has 0 saturated heterocycles. The summed E-state index contributed by atoms with van der Waals surface area (Å²) in [5.41, 5.74) is 7.55. The molecule has 2 N–H and O–H groups in total. The van der Waals surface area contributed by atoms with E-state index in [1.165, 1.54) is 0 Å². The quantitative estimate of drug-likeness (QED) is 0.886. The maximum atomic E-state index is 12.0. The van der Waals surface area contributed by atoms with Crippen LogP contribution in [-0.2, 0) is 11.3 Å². The Bertz CT molecular complexity index is 459. The van der Waals surface area contributed by atoms with Gasteiger partial charge < -0.3 is 15.4 Å². The number of anilines is 1. The molecule has 1 aliphatic heterocycles. The highest BCUT2D eigenvalue weighted by atomic mass is 16.5. The number of carbonyl (C=O) groups is 1. The largest absolute Gasteiger partial charge is 0.482 e. The van der Waals surface area contributed by atoms with Crippen molar-refractivity contribution in [3.8, 4) is 5.75 Å². The molecule has 0 spiro atoms. The van der Waals surface area contributed by atoms with Crippen LogP contribution in [0.3, 0.4) is 0 Å². The van der Waals surface area contributed by atoms with Gasteiger partial charge in [-0.05, 0) is 30.0 Å². The molecule has 0 saturated carbocycles. The fourth-order valence-corrected chi connectivity index (χ4v) is 2.17. The van der Waals surface area contributed by atoms with Crippen LogP contribution in [-0.4, -0.2) is 19.1 Å². The van der Waals surface area contributed by atoms with Gasteiger partial charge in [-0.25, -0.2) is 0 Å². The van der Waals surface area contributed by atoms with Gasteiger partial charge in [-0.2, -0.15) is 0 Å². The number of amides is 1. The number of rotatable bonds is 5. The van der Waals surface area contributed by atoms with Gasteiger partial charge in [-0.15, -0.1) is 0 Å². The Morgan fingerprint density at radius 1 is 1.47 bits per heavy atom. The van der Waals surface area contributed by atoms with Gasteiger partial charge in [0.1, 0.15) is 5.75 Å². The van der Waals surface area contributed by atoms with E-state index in [2.05, 4.69) is 13.8 Å². The summed E-state index contributed by atoms with van der Waals surface area (Å²) in [6.45, 7) is 5.74. The number of ether oxygens (including phenoxy) is 1. The minimum Gasteiger partial charge on any atom is -0.482 e. The summed E-state index contributed by atoms with van der Waals surface area (Å²) < 4.78 is 5.47. The van der Waals surface area contributed by atoms with Crippen LogP contribution in [0, 0.1) is 5.92 Å². The molecule has 1 unspecified atom stereocenters. The Kier molecular flexibility index (Phi) is 4.43. The van der Waals surface area contributed by atoms with E-state index in [0.717, 1.165) is 36.4 Å². The number of nitrogens with two attached hydrogens (primary N) is 1. The molecule has 4 nitrogen and oxygen atoms in total. The van der Waals surface area contributed by atoms with E-state index < -0.39 is 0 Å². The monoisotopic (exact) mass is 262 g/mol. The van der Waals surface area contributed by atoms with Crippen LogP contribution in [0.5, 0.6) is 5.75 Å². The predicted octanol–water partition coefficient (Wildman–Crippen LogP) is 2.31. The second kappa shape index (κ2) is 6.06. The standard InChI is InChI=1S/C15H22N2O2/c1-3-11(2)6-7-17-13-8-12(9-16)4-5-14(13)19-10-15(17)18/h4-5,8,11H,3,6-7,9-10,16H2,1-2H3. The summed E-state index contributed by atoms with van der Waals surface area (Å²) in [6.07, 6.45) is 2.14. The smallest absolute Gasteiger partial charge is 0.265 e. The maximum Gasteiger partial charge on any atom is 0.265 e. The summed E-state index contributed by atoms with van der Waals surface area (Å²) in [4.78, 5) is 13.9. The van der Waals surface area contributed by atoms with Gasteiger partial charge in [0.2, 0.25) is 0 Å². The van der Waals surface area contributed by atoms with Crippen molar-refractivity contribution >= 4 is 11.6 Å². The first-order chi connectivity index (χ1) is 9.15. The minimum absolute atomic E-state index is 0.0324. The summed E-state index contributed by atoms with van der Waals surface area (Å²) in [5.74, 6) is 1.43. The summed E-state index contributed by atoms with van der Waals surface area (Å²) >= 11 is 0. The lowest BCUT2D eigenvalue weighted by molar-refractivity contribution is -0.121. The van der Waals surface area contributed by atoms with Crippen LogP contribution in [0.1, 0.15) is 32.3 Å². The van der Waals surface area contributed by atoms with Gasteiger partial charge in [-0.1, -0.05) is 26.3 Å². The Labute approximate surface area is 114 Å². The molecule has 2 rings (SSSR count). The van der Waals surface area contributed by atoms with Gasteiger partial charge in [0.25, 0.3) is 5.91 Å². The third kappa shape index (κ3) is 3.07. The predicted molar refractivity (Wildman–Crippen MR) is 76.3 cm³/mol. The van der Waals surface area contributed by atoms with Crippen molar-refractivity contribution in [2.24, 2.45) is 11.7 Å². The van der Waals surface area contributed by atoms with Gasteiger partial charge in [-0.3, -0.25) is 4.79 Å². The lowest BCUT2D eigenvalue weighted by Gasteiger charge is -2.30. The molecule has 19 heavy (non-hydrogen) atoms. The fourth-order valence-electron chi connectivity index (χ4n) is 2.17. The highest BCUT2D eigenvalue weighted by Gasteiger charge is 2.25. The first-order valence-corrected chi connectivity index (χ1v) is 6.91. The number of hydrogen-bond donors (Lipinski definition) is 1. The van der Waals surface area contributed by atoms with E-state index in [1.54, 1.807) is 0 Å². The number of fused-ring (bicyclic) bond motifs is 1. The van der Waals surface area contributed by atoms with Crippen molar-refractivity contribution in [1.29, 1.82) is 0 Å². The van der Waals surface area contributed by atoms with Crippen molar-refractivity contribution in [3.05, 3.63) is 23.8 Å². The van der Waals surface area contributed by atoms with Gasteiger partial charge in [0.15, 0.2) is 6.61 Å². The molecular formula is C15H22N2O2. The molecule has 1 aromatic rings. The number of hydrogen-bond acceptors (Lipinski definition) is 3. The van der Waals surface area contributed by atoms with E-state index in [0.29, 0.717) is 12.5 Å². The number of carbonyl (C=O) groups excluding carboxylic acids is 1. The third-order valence-corrected chi connectivity index (χ3v) is 3.74. The second-order valence-electron chi connectivity index (χ2n) is 5.14. The van der Waals surface area contributed by atoms with Gasteiger partial charge in [0.05, 0.1) is 5.69 Å². The van der Waals surface area contributed by atoms with Crippen LogP contribution in [0.25, 0.3) is 0 Å². The Morgan fingerprint density at radius 2 is 2.26 bits per heavy atom. The van der Waals surface area contributed by atoms with E-state index in [4.69, 9.17) is 10.5 Å². The molecule has 104 valence electrons. The number of nitrogens with zero attached hydrogens (tertiary/aromatic N) is 1. The average molecular weight is 262 g/mol. The zero-order chi connectivity index (χ0) is 13.8. The zero-order valence-electron chi connectivity index (χ0n) is 11.7. The van der Waals surface area contributed by atoms with E-state index in [1.807, 2.05) is 23.1 Å². The minimum atomic E-state index is 0.0324. The third-order valence-electron chi connectivity index (χ3n) is 3.74. The highest BCUT2D eigenvalue weighted by molar-refractivity contribution is 5.97. The summed E-state index contributed by atoms with van der Waals surface area (Å²) in [7, 11) is 0. The Hall–Kier alpha value is -1.55. The zero-order valence-corrected chi connectivity index (χ0v) is 11.7. The van der Waals surface area contributed by atoms with Crippen molar-refractivity contribution < 1.29 is 9.53 Å². The van der Waals surface area contributed by atoms with Gasteiger partial charge >= 0.3 is 0 Å². The van der Waals surface area contributed by atoms with E-state index in [9.17, 15) is 4.79 Å². The fraction of sp³-hybridized carbons (Fsp3) is 0.533. The molecule has 1 atom stereocenters. The SMILES string of the molecule is CCC(C)CCN1C(=O)COc2ccc(CN)cc21. The molecule has 0 aliphatic carbocycles. The van der Waals surface area contributed by atoms with Crippen molar-refractivity contribution in [2.45, 2.75) is 33.2 Å². The van der Waals surface area contributed by atoms with Gasteiger partial charge in [0, 0.05) is 13.1 Å². The lowest BCUT2D eigenvalue weighted by atomic mass is 10.0. The van der Waals surface area contributed by atoms with E-state index in [-0.39, 0.29) is 12.5 Å².